The monoisotopic (exact) mass is 283 g/mol. The first-order valence-electron chi connectivity index (χ1n) is 7.78. The minimum Gasteiger partial charge on any atom is -0.481 e. The predicted molar refractivity (Wildman–Crippen MR) is 74.4 cm³/mol. The van der Waals surface area contributed by atoms with Gasteiger partial charge < -0.3 is 14.7 Å². The number of rotatable bonds is 3. The van der Waals surface area contributed by atoms with Crippen LogP contribution in [-0.4, -0.2) is 47.7 Å². The fourth-order valence-electron chi connectivity index (χ4n) is 3.25. The molecule has 0 spiro atoms. The first kappa shape index (κ1) is 15.3. The number of hydrogen-bond donors (Lipinski definition) is 1. The van der Waals surface area contributed by atoms with Gasteiger partial charge in [0, 0.05) is 12.5 Å². The van der Waals surface area contributed by atoms with Crippen molar-refractivity contribution >= 4 is 11.9 Å². The summed E-state index contributed by atoms with van der Waals surface area (Å²) in [4.78, 5) is 25.4. The van der Waals surface area contributed by atoms with Crippen LogP contribution in [0.3, 0.4) is 0 Å². The van der Waals surface area contributed by atoms with Crippen LogP contribution < -0.4 is 0 Å². The van der Waals surface area contributed by atoms with Crippen LogP contribution in [0.25, 0.3) is 0 Å². The summed E-state index contributed by atoms with van der Waals surface area (Å²) in [5.41, 5.74) is 0. The van der Waals surface area contributed by atoms with Crippen LogP contribution in [-0.2, 0) is 14.3 Å². The molecule has 0 aromatic carbocycles. The van der Waals surface area contributed by atoms with E-state index in [-0.39, 0.29) is 24.3 Å². The van der Waals surface area contributed by atoms with Gasteiger partial charge in [0.1, 0.15) is 0 Å². The quantitative estimate of drug-likeness (QED) is 0.861. The summed E-state index contributed by atoms with van der Waals surface area (Å²) in [6.45, 7) is 1.41. The largest absolute Gasteiger partial charge is 0.481 e. The first-order chi connectivity index (χ1) is 9.68. The van der Waals surface area contributed by atoms with Crippen molar-refractivity contribution in [2.45, 2.75) is 57.4 Å². The number of ether oxygens (including phenoxy) is 1. The van der Waals surface area contributed by atoms with E-state index in [2.05, 4.69) is 0 Å². The van der Waals surface area contributed by atoms with Gasteiger partial charge in [-0.1, -0.05) is 32.1 Å². The summed E-state index contributed by atoms with van der Waals surface area (Å²) >= 11 is 0. The molecule has 5 nitrogen and oxygen atoms in total. The number of hydrogen-bond acceptors (Lipinski definition) is 3. The Bertz CT molecular complexity index is 337. The summed E-state index contributed by atoms with van der Waals surface area (Å²) < 4.78 is 5.34. The molecular formula is C15H25NO4. The number of carboxylic acid groups (broad SMARTS) is 1. The summed E-state index contributed by atoms with van der Waals surface area (Å²) in [5, 5.41) is 8.96. The smallest absolute Gasteiger partial charge is 0.305 e. The summed E-state index contributed by atoms with van der Waals surface area (Å²) in [5.74, 6) is -0.623. The van der Waals surface area contributed by atoms with Crippen molar-refractivity contribution in [3.63, 3.8) is 0 Å². The average molecular weight is 283 g/mol. The number of carbonyl (C=O) groups is 2. The van der Waals surface area contributed by atoms with Crippen molar-refractivity contribution in [3.8, 4) is 0 Å². The molecule has 0 bridgehead atoms. The van der Waals surface area contributed by atoms with E-state index in [0.29, 0.717) is 19.8 Å². The predicted octanol–water partition coefficient (Wildman–Crippen LogP) is 2.05. The zero-order chi connectivity index (χ0) is 14.4. The topological polar surface area (TPSA) is 66.8 Å². The molecule has 2 fully saturated rings. The second kappa shape index (κ2) is 7.62. The highest BCUT2D eigenvalue weighted by Crippen LogP contribution is 2.26. The number of carbonyl (C=O) groups excluding carboxylic acids is 1. The van der Waals surface area contributed by atoms with Crippen LogP contribution in [0.4, 0.5) is 0 Å². The Hall–Kier alpha value is -1.10. The molecule has 1 heterocycles. The molecule has 1 aliphatic heterocycles. The zero-order valence-electron chi connectivity index (χ0n) is 12.1. The molecule has 1 amide bonds. The third-order valence-electron chi connectivity index (χ3n) is 4.38. The fourth-order valence-corrected chi connectivity index (χ4v) is 3.25. The molecule has 2 rings (SSSR count). The molecule has 20 heavy (non-hydrogen) atoms. The van der Waals surface area contributed by atoms with Gasteiger partial charge in [-0.2, -0.15) is 0 Å². The maximum atomic E-state index is 12.7. The number of morpholine rings is 1. The van der Waals surface area contributed by atoms with Crippen molar-refractivity contribution in [2.24, 2.45) is 5.92 Å². The van der Waals surface area contributed by atoms with E-state index in [1.807, 2.05) is 0 Å². The van der Waals surface area contributed by atoms with Crippen molar-refractivity contribution in [2.75, 3.05) is 19.8 Å². The highest BCUT2D eigenvalue weighted by molar-refractivity contribution is 5.80. The first-order valence-corrected chi connectivity index (χ1v) is 7.78. The Morgan fingerprint density at radius 2 is 1.75 bits per heavy atom. The zero-order valence-corrected chi connectivity index (χ0v) is 12.1. The number of amides is 1. The molecule has 1 saturated heterocycles. The minimum atomic E-state index is -0.865. The molecule has 0 aromatic heterocycles. The average Bonchev–Trinajstić information content (AvgIpc) is 2.37. The molecule has 1 N–H and O–H groups in total. The van der Waals surface area contributed by atoms with Crippen molar-refractivity contribution in [3.05, 3.63) is 0 Å². The molecule has 1 atom stereocenters. The third-order valence-corrected chi connectivity index (χ3v) is 4.38. The highest BCUT2D eigenvalue weighted by atomic mass is 16.5. The van der Waals surface area contributed by atoms with Gasteiger partial charge in [0.2, 0.25) is 5.91 Å². The Balaban J connectivity index is 1.98. The fraction of sp³-hybridized carbons (Fsp3) is 0.867. The lowest BCUT2D eigenvalue weighted by Gasteiger charge is -2.37. The van der Waals surface area contributed by atoms with Gasteiger partial charge >= 0.3 is 5.97 Å². The van der Waals surface area contributed by atoms with Crippen LogP contribution in [0, 0.1) is 5.92 Å². The molecule has 2 aliphatic rings. The van der Waals surface area contributed by atoms with E-state index in [1.165, 1.54) is 19.3 Å². The van der Waals surface area contributed by atoms with Crippen molar-refractivity contribution in [1.29, 1.82) is 0 Å². The van der Waals surface area contributed by atoms with Gasteiger partial charge in [-0.25, -0.2) is 0 Å². The molecule has 1 unspecified atom stereocenters. The number of aliphatic carboxylic acids is 1. The molecule has 114 valence electrons. The molecule has 0 radical (unpaired) electrons. The van der Waals surface area contributed by atoms with Gasteiger partial charge in [0.05, 0.1) is 25.7 Å². The van der Waals surface area contributed by atoms with Crippen LogP contribution in [0.15, 0.2) is 0 Å². The van der Waals surface area contributed by atoms with E-state index in [9.17, 15) is 9.59 Å². The van der Waals surface area contributed by atoms with Crippen molar-refractivity contribution in [1.82, 2.24) is 4.90 Å². The highest BCUT2D eigenvalue weighted by Gasteiger charge is 2.32. The minimum absolute atomic E-state index is 0.0154. The van der Waals surface area contributed by atoms with Crippen LogP contribution >= 0.6 is 0 Å². The van der Waals surface area contributed by atoms with Crippen molar-refractivity contribution < 1.29 is 19.4 Å². The number of carboxylic acids is 1. The summed E-state index contributed by atoms with van der Waals surface area (Å²) in [7, 11) is 0. The standard InChI is InChI=1S/C15H25NO4/c17-14(18)10-13-11-20-9-8-16(13)15(19)12-6-4-2-1-3-5-7-12/h12-13H,1-11H2,(H,17,18). The van der Waals surface area contributed by atoms with E-state index < -0.39 is 5.97 Å². The van der Waals surface area contributed by atoms with Crippen LogP contribution in [0.2, 0.25) is 0 Å². The summed E-state index contributed by atoms with van der Waals surface area (Å²) in [6.07, 6.45) is 7.83. The molecule has 0 aromatic rings. The normalized spacial score (nSPS) is 25.8. The lowest BCUT2D eigenvalue weighted by atomic mass is 9.89. The molecule has 1 aliphatic carbocycles. The molecule has 5 heteroatoms. The third kappa shape index (κ3) is 4.20. The van der Waals surface area contributed by atoms with Crippen LogP contribution in [0.5, 0.6) is 0 Å². The maximum absolute atomic E-state index is 12.7. The van der Waals surface area contributed by atoms with E-state index in [0.717, 1.165) is 25.7 Å². The van der Waals surface area contributed by atoms with Gasteiger partial charge in [0.25, 0.3) is 0 Å². The second-order valence-corrected chi connectivity index (χ2v) is 5.90. The Morgan fingerprint density at radius 1 is 1.10 bits per heavy atom. The van der Waals surface area contributed by atoms with Gasteiger partial charge in [0.15, 0.2) is 0 Å². The lowest BCUT2D eigenvalue weighted by Crippen LogP contribution is -2.51. The maximum Gasteiger partial charge on any atom is 0.305 e. The molecule has 1 saturated carbocycles. The SMILES string of the molecule is O=C(O)CC1COCCN1C(=O)C1CCCCCCC1. The Morgan fingerprint density at radius 3 is 2.40 bits per heavy atom. The summed E-state index contributed by atoms with van der Waals surface area (Å²) in [6, 6.07) is -0.292. The van der Waals surface area contributed by atoms with Gasteiger partial charge in [-0.05, 0) is 12.8 Å². The number of nitrogens with zero attached hydrogens (tertiary/aromatic N) is 1. The Kier molecular flexibility index (Phi) is 5.83. The van der Waals surface area contributed by atoms with E-state index >= 15 is 0 Å². The van der Waals surface area contributed by atoms with Crippen LogP contribution in [0.1, 0.15) is 51.4 Å². The lowest BCUT2D eigenvalue weighted by molar-refractivity contribution is -0.149. The molecular weight excluding hydrogens is 258 g/mol. The second-order valence-electron chi connectivity index (χ2n) is 5.90. The van der Waals surface area contributed by atoms with Gasteiger partial charge in [-0.15, -0.1) is 0 Å². The van der Waals surface area contributed by atoms with E-state index in [1.54, 1.807) is 4.90 Å². The Labute approximate surface area is 120 Å². The van der Waals surface area contributed by atoms with E-state index in [4.69, 9.17) is 9.84 Å². The van der Waals surface area contributed by atoms with Gasteiger partial charge in [-0.3, -0.25) is 9.59 Å².